The molecule has 9 heteroatoms. The summed E-state index contributed by atoms with van der Waals surface area (Å²) in [4.78, 5) is 48.7. The molecule has 1 aromatic carbocycles. The van der Waals surface area contributed by atoms with Gasteiger partial charge < -0.3 is 15.4 Å². The summed E-state index contributed by atoms with van der Waals surface area (Å²) in [5, 5.41) is 5.02. The van der Waals surface area contributed by atoms with E-state index in [1.54, 1.807) is 19.9 Å². The van der Waals surface area contributed by atoms with Crippen molar-refractivity contribution in [2.45, 2.75) is 38.8 Å². The number of hydrogen-bond donors (Lipinski definition) is 2. The number of imide groups is 1. The van der Waals surface area contributed by atoms with Gasteiger partial charge in [0.1, 0.15) is 17.9 Å². The van der Waals surface area contributed by atoms with Crippen molar-refractivity contribution in [2.75, 3.05) is 13.2 Å². The lowest BCUT2D eigenvalue weighted by Crippen LogP contribution is -2.46. The van der Waals surface area contributed by atoms with Crippen molar-refractivity contribution in [2.24, 2.45) is 0 Å². The highest BCUT2D eigenvalue weighted by atomic mass is 19.1. The van der Waals surface area contributed by atoms with E-state index in [9.17, 15) is 23.6 Å². The largest absolute Gasteiger partial charge is 0.454 e. The van der Waals surface area contributed by atoms with Crippen LogP contribution in [0.5, 0.6) is 0 Å². The molecule has 0 atom stereocenters. The maximum Gasteiger partial charge on any atom is 0.326 e. The first-order chi connectivity index (χ1) is 12.8. The van der Waals surface area contributed by atoms with Crippen molar-refractivity contribution >= 4 is 23.8 Å². The first-order valence-electron chi connectivity index (χ1n) is 8.62. The van der Waals surface area contributed by atoms with Crippen molar-refractivity contribution in [3.8, 4) is 0 Å². The minimum atomic E-state index is -1.01. The summed E-state index contributed by atoms with van der Waals surface area (Å²) in [6, 6.07) is 5.29. The zero-order valence-corrected chi connectivity index (χ0v) is 15.2. The Bertz CT molecular complexity index is 748. The van der Waals surface area contributed by atoms with Gasteiger partial charge in [0.25, 0.3) is 11.8 Å². The Balaban J connectivity index is 1.80. The summed E-state index contributed by atoms with van der Waals surface area (Å²) in [6.07, 6.45) is 0.802. The smallest absolute Gasteiger partial charge is 0.326 e. The number of esters is 1. The van der Waals surface area contributed by atoms with E-state index in [4.69, 9.17) is 4.74 Å². The van der Waals surface area contributed by atoms with Gasteiger partial charge >= 0.3 is 12.0 Å². The number of amides is 4. The van der Waals surface area contributed by atoms with E-state index in [0.29, 0.717) is 18.4 Å². The first-order valence-corrected chi connectivity index (χ1v) is 8.62. The maximum atomic E-state index is 13.5. The van der Waals surface area contributed by atoms with Crippen LogP contribution in [0.3, 0.4) is 0 Å². The number of carbonyl (C=O) groups is 4. The van der Waals surface area contributed by atoms with Gasteiger partial charge in [0.05, 0.1) is 0 Å². The fourth-order valence-corrected chi connectivity index (χ4v) is 2.76. The van der Waals surface area contributed by atoms with Crippen molar-refractivity contribution in [1.29, 1.82) is 0 Å². The van der Waals surface area contributed by atoms with Crippen molar-refractivity contribution < 1.29 is 28.3 Å². The van der Waals surface area contributed by atoms with E-state index < -0.39 is 48.3 Å². The Morgan fingerprint density at radius 2 is 1.89 bits per heavy atom. The average Bonchev–Trinajstić information content (AvgIpc) is 2.90. The fourth-order valence-electron chi connectivity index (χ4n) is 2.76. The molecule has 2 rings (SSSR count). The number of rotatable bonds is 8. The summed E-state index contributed by atoms with van der Waals surface area (Å²) < 4.78 is 18.3. The molecule has 1 aliphatic rings. The van der Waals surface area contributed by atoms with Gasteiger partial charge in [-0.25, -0.2) is 9.18 Å². The highest BCUT2D eigenvalue weighted by Gasteiger charge is 2.49. The van der Waals surface area contributed by atoms with Gasteiger partial charge in [0.2, 0.25) is 0 Å². The Morgan fingerprint density at radius 3 is 2.48 bits per heavy atom. The van der Waals surface area contributed by atoms with Crippen LogP contribution in [0, 0.1) is 5.82 Å². The molecule has 4 amide bonds. The Kier molecular flexibility index (Phi) is 6.49. The van der Waals surface area contributed by atoms with Crippen LogP contribution < -0.4 is 10.6 Å². The molecule has 2 N–H and O–H groups in total. The molecule has 1 fully saturated rings. The molecule has 8 nitrogen and oxygen atoms in total. The molecular formula is C18H22FN3O5. The molecule has 0 saturated carbocycles. The van der Waals surface area contributed by atoms with E-state index in [2.05, 4.69) is 10.6 Å². The molecule has 0 aromatic heterocycles. The second-order valence-corrected chi connectivity index (χ2v) is 6.14. The predicted octanol–water partition coefficient (Wildman–Crippen LogP) is 1.10. The van der Waals surface area contributed by atoms with Gasteiger partial charge in [0, 0.05) is 12.1 Å². The molecule has 1 aromatic rings. The molecule has 1 aliphatic heterocycles. The summed E-state index contributed by atoms with van der Waals surface area (Å²) in [5.74, 6) is -2.45. The van der Waals surface area contributed by atoms with Crippen LogP contribution in [0.25, 0.3) is 0 Å². The number of benzene rings is 1. The van der Waals surface area contributed by atoms with Gasteiger partial charge in [0.15, 0.2) is 6.61 Å². The summed E-state index contributed by atoms with van der Waals surface area (Å²) in [6.45, 7) is 2.31. The molecular weight excluding hydrogens is 357 g/mol. The minimum Gasteiger partial charge on any atom is -0.454 e. The lowest BCUT2D eigenvalue weighted by atomic mass is 9.93. The van der Waals surface area contributed by atoms with E-state index in [0.717, 1.165) is 4.90 Å². The number of hydrogen-bond acceptors (Lipinski definition) is 5. The number of halogens is 1. The van der Waals surface area contributed by atoms with Crippen LogP contribution in [-0.4, -0.2) is 47.4 Å². The molecule has 1 saturated heterocycles. The van der Waals surface area contributed by atoms with Gasteiger partial charge in [-0.2, -0.15) is 0 Å². The van der Waals surface area contributed by atoms with Gasteiger partial charge in [-0.15, -0.1) is 0 Å². The lowest BCUT2D eigenvalue weighted by Gasteiger charge is -2.22. The monoisotopic (exact) mass is 379 g/mol. The molecule has 0 aliphatic carbocycles. The van der Waals surface area contributed by atoms with Crippen LogP contribution >= 0.6 is 0 Å². The second kappa shape index (κ2) is 8.61. The third-order valence-corrected chi connectivity index (χ3v) is 4.54. The summed E-state index contributed by atoms with van der Waals surface area (Å²) in [5.41, 5.74) is -0.707. The van der Waals surface area contributed by atoms with Crippen molar-refractivity contribution in [1.82, 2.24) is 15.5 Å². The third kappa shape index (κ3) is 4.60. The number of carbonyl (C=O) groups excluding carboxylic acids is 4. The Morgan fingerprint density at radius 1 is 1.22 bits per heavy atom. The molecule has 0 radical (unpaired) electrons. The first kappa shape index (κ1) is 20.3. The van der Waals surface area contributed by atoms with Crippen LogP contribution in [0.15, 0.2) is 24.3 Å². The topological polar surface area (TPSA) is 105 Å². The van der Waals surface area contributed by atoms with Crippen LogP contribution in [0.1, 0.15) is 32.3 Å². The summed E-state index contributed by atoms with van der Waals surface area (Å²) >= 11 is 0. The van der Waals surface area contributed by atoms with E-state index in [-0.39, 0.29) is 6.54 Å². The standard InChI is InChI=1S/C18H22FN3O5/c1-3-18(4-2)16(25)22(17(26)21-18)10-15(24)27-11-14(23)20-9-12-7-5-6-8-13(12)19/h5-8H,3-4,9-11H2,1-2H3,(H,20,23)(H,21,26). The van der Waals surface area contributed by atoms with E-state index >= 15 is 0 Å². The molecule has 1 heterocycles. The lowest BCUT2D eigenvalue weighted by molar-refractivity contribution is -0.151. The number of ether oxygens (including phenoxy) is 1. The van der Waals surface area contributed by atoms with Crippen molar-refractivity contribution in [3.05, 3.63) is 35.6 Å². The summed E-state index contributed by atoms with van der Waals surface area (Å²) in [7, 11) is 0. The Hall–Kier alpha value is -2.97. The SMILES string of the molecule is CCC1(CC)NC(=O)N(CC(=O)OCC(=O)NCc2ccccc2F)C1=O. The van der Waals surface area contributed by atoms with E-state index in [1.165, 1.54) is 18.2 Å². The zero-order valence-electron chi connectivity index (χ0n) is 15.2. The zero-order chi connectivity index (χ0) is 20.0. The normalized spacial score (nSPS) is 15.4. The van der Waals surface area contributed by atoms with Gasteiger partial charge in [-0.1, -0.05) is 32.0 Å². The van der Waals surface area contributed by atoms with Crippen molar-refractivity contribution in [3.63, 3.8) is 0 Å². The van der Waals surface area contributed by atoms with Crippen LogP contribution in [-0.2, 0) is 25.7 Å². The molecule has 27 heavy (non-hydrogen) atoms. The molecule has 146 valence electrons. The molecule has 0 unspecified atom stereocenters. The van der Waals surface area contributed by atoms with Crippen LogP contribution in [0.2, 0.25) is 0 Å². The Labute approximate surface area is 156 Å². The minimum absolute atomic E-state index is 0.0500. The van der Waals surface area contributed by atoms with Crippen LogP contribution in [0.4, 0.5) is 9.18 Å². The number of nitrogens with zero attached hydrogens (tertiary/aromatic N) is 1. The number of urea groups is 1. The molecule has 0 bridgehead atoms. The van der Waals surface area contributed by atoms with E-state index in [1.807, 2.05) is 0 Å². The predicted molar refractivity (Wildman–Crippen MR) is 92.8 cm³/mol. The van der Waals surface area contributed by atoms with Gasteiger partial charge in [-0.05, 0) is 18.9 Å². The highest BCUT2D eigenvalue weighted by Crippen LogP contribution is 2.24. The second-order valence-electron chi connectivity index (χ2n) is 6.14. The highest BCUT2D eigenvalue weighted by molar-refractivity contribution is 6.08. The van der Waals surface area contributed by atoms with Gasteiger partial charge in [-0.3, -0.25) is 19.3 Å². The average molecular weight is 379 g/mol. The third-order valence-electron chi connectivity index (χ3n) is 4.54. The quantitative estimate of drug-likeness (QED) is 0.520. The maximum absolute atomic E-state index is 13.5. The fraction of sp³-hybridized carbons (Fsp3) is 0.444. The molecule has 0 spiro atoms. The number of nitrogens with one attached hydrogen (secondary N) is 2.